The van der Waals surface area contributed by atoms with Gasteiger partial charge in [0.15, 0.2) is 11.6 Å². The Morgan fingerprint density at radius 1 is 1.10 bits per heavy atom. The maximum Gasteiger partial charge on any atom is 0.159 e. The van der Waals surface area contributed by atoms with Crippen molar-refractivity contribution >= 4 is 23.0 Å². The van der Waals surface area contributed by atoms with Crippen LogP contribution in [0.2, 0.25) is 0 Å². The van der Waals surface area contributed by atoms with E-state index in [1.54, 1.807) is 0 Å². The maximum absolute atomic E-state index is 13.6. The van der Waals surface area contributed by atoms with Crippen molar-refractivity contribution in [3.05, 3.63) is 36.2 Å². The van der Waals surface area contributed by atoms with Gasteiger partial charge < -0.3 is 16.4 Å². The number of rotatable bonds is 3. The van der Waals surface area contributed by atoms with Crippen LogP contribution < -0.4 is 16.4 Å². The van der Waals surface area contributed by atoms with Crippen LogP contribution in [0.15, 0.2) is 24.5 Å². The molecule has 4 N–H and O–H groups in total. The quantitative estimate of drug-likeness (QED) is 0.809. The zero-order valence-corrected chi connectivity index (χ0v) is 12.0. The molecule has 0 fully saturated rings. The lowest BCUT2D eigenvalue weighted by Crippen LogP contribution is -2.27. The third-order valence-corrected chi connectivity index (χ3v) is 2.56. The maximum atomic E-state index is 13.6. The van der Waals surface area contributed by atoms with Crippen LogP contribution in [-0.4, -0.2) is 15.5 Å². The Morgan fingerprint density at radius 3 is 2.38 bits per heavy atom. The topological polar surface area (TPSA) is 75.9 Å². The highest BCUT2D eigenvalue weighted by atomic mass is 19.1. The predicted molar refractivity (Wildman–Crippen MR) is 79.5 cm³/mol. The molecular weight excluding hydrogens is 276 g/mol. The summed E-state index contributed by atoms with van der Waals surface area (Å²) in [6.07, 6.45) is 1.31. The summed E-state index contributed by atoms with van der Waals surface area (Å²) in [6.45, 7) is 5.88. The van der Waals surface area contributed by atoms with Crippen molar-refractivity contribution in [1.82, 2.24) is 9.97 Å². The fraction of sp³-hybridized carbons (Fsp3) is 0.286. The van der Waals surface area contributed by atoms with Crippen LogP contribution in [0.1, 0.15) is 20.8 Å². The van der Waals surface area contributed by atoms with E-state index >= 15 is 0 Å². The summed E-state index contributed by atoms with van der Waals surface area (Å²) < 4.78 is 26.5. The molecule has 7 heteroatoms. The first-order valence-corrected chi connectivity index (χ1v) is 6.37. The van der Waals surface area contributed by atoms with E-state index < -0.39 is 11.6 Å². The van der Waals surface area contributed by atoms with E-state index in [1.165, 1.54) is 12.4 Å². The molecule has 0 amide bonds. The molecule has 0 aliphatic carbocycles. The molecule has 0 bridgehead atoms. The van der Waals surface area contributed by atoms with Gasteiger partial charge in [0.2, 0.25) is 0 Å². The van der Waals surface area contributed by atoms with E-state index in [4.69, 9.17) is 5.73 Å². The highest BCUT2D eigenvalue weighted by Gasteiger charge is 2.15. The average Bonchev–Trinajstić information content (AvgIpc) is 2.35. The van der Waals surface area contributed by atoms with Gasteiger partial charge in [-0.15, -0.1) is 0 Å². The van der Waals surface area contributed by atoms with Crippen LogP contribution in [-0.2, 0) is 0 Å². The zero-order chi connectivity index (χ0) is 15.6. The summed E-state index contributed by atoms with van der Waals surface area (Å²) in [4.78, 5) is 8.04. The number of nitrogen functional groups attached to an aromatic ring is 1. The van der Waals surface area contributed by atoms with Crippen LogP contribution in [0.25, 0.3) is 0 Å². The Morgan fingerprint density at radius 2 is 1.76 bits per heavy atom. The minimum atomic E-state index is -0.724. The van der Waals surface area contributed by atoms with Crippen molar-refractivity contribution in [2.24, 2.45) is 0 Å². The Hall–Kier alpha value is -2.44. The van der Waals surface area contributed by atoms with Crippen LogP contribution in [0.3, 0.4) is 0 Å². The molecule has 1 aromatic heterocycles. The predicted octanol–water partition coefficient (Wildman–Crippen LogP) is 3.29. The van der Waals surface area contributed by atoms with Crippen molar-refractivity contribution in [2.45, 2.75) is 26.3 Å². The number of hydrogen-bond donors (Lipinski definition) is 3. The van der Waals surface area contributed by atoms with Gasteiger partial charge in [-0.1, -0.05) is 0 Å². The molecule has 21 heavy (non-hydrogen) atoms. The van der Waals surface area contributed by atoms with Crippen molar-refractivity contribution in [3.8, 4) is 0 Å². The fourth-order valence-corrected chi connectivity index (χ4v) is 1.67. The van der Waals surface area contributed by atoms with Gasteiger partial charge in [0, 0.05) is 11.6 Å². The standard InChI is InChI=1S/C14H17F2N5/c1-14(2,3)21-13-11(17)12(18-7-19-13)20-10-5-4-8(15)6-9(10)16/h4-7H,17H2,1-3H3,(H2,18,19,20,21). The van der Waals surface area contributed by atoms with E-state index in [2.05, 4.69) is 20.6 Å². The molecule has 0 atom stereocenters. The monoisotopic (exact) mass is 293 g/mol. The first kappa shape index (κ1) is 15.0. The third-order valence-electron chi connectivity index (χ3n) is 2.56. The smallest absolute Gasteiger partial charge is 0.159 e. The van der Waals surface area contributed by atoms with Crippen molar-refractivity contribution in [3.63, 3.8) is 0 Å². The summed E-state index contributed by atoms with van der Waals surface area (Å²) in [7, 11) is 0. The summed E-state index contributed by atoms with van der Waals surface area (Å²) >= 11 is 0. The van der Waals surface area contributed by atoms with Gasteiger partial charge in [-0.3, -0.25) is 0 Å². The molecule has 0 saturated carbocycles. The number of nitrogens with one attached hydrogen (secondary N) is 2. The number of nitrogens with two attached hydrogens (primary N) is 1. The fourth-order valence-electron chi connectivity index (χ4n) is 1.67. The molecule has 112 valence electrons. The van der Waals surface area contributed by atoms with Crippen LogP contribution in [0.4, 0.5) is 31.8 Å². The van der Waals surface area contributed by atoms with E-state index in [-0.39, 0.29) is 22.7 Å². The molecule has 1 heterocycles. The van der Waals surface area contributed by atoms with E-state index in [0.29, 0.717) is 5.82 Å². The highest BCUT2D eigenvalue weighted by molar-refractivity contribution is 5.77. The second-order valence-electron chi connectivity index (χ2n) is 5.61. The summed E-state index contributed by atoms with van der Waals surface area (Å²) in [5.74, 6) is -0.674. The molecule has 0 unspecified atom stereocenters. The lowest BCUT2D eigenvalue weighted by molar-refractivity contribution is 0.586. The van der Waals surface area contributed by atoms with Gasteiger partial charge in [-0.2, -0.15) is 0 Å². The molecular formula is C14H17F2N5. The molecule has 0 spiro atoms. The SMILES string of the molecule is CC(C)(C)Nc1ncnc(Nc2ccc(F)cc2F)c1N. The third kappa shape index (κ3) is 3.77. The number of halogens is 2. The number of benzene rings is 1. The van der Waals surface area contributed by atoms with Crippen molar-refractivity contribution < 1.29 is 8.78 Å². The number of anilines is 4. The average molecular weight is 293 g/mol. The van der Waals surface area contributed by atoms with Crippen molar-refractivity contribution in [2.75, 3.05) is 16.4 Å². The largest absolute Gasteiger partial charge is 0.393 e. The van der Waals surface area contributed by atoms with Gasteiger partial charge in [-0.25, -0.2) is 18.7 Å². The lowest BCUT2D eigenvalue weighted by atomic mass is 10.1. The molecule has 2 rings (SSSR count). The molecule has 2 aromatic rings. The second-order valence-corrected chi connectivity index (χ2v) is 5.61. The van der Waals surface area contributed by atoms with E-state index in [9.17, 15) is 8.78 Å². The molecule has 0 aliphatic rings. The van der Waals surface area contributed by atoms with Crippen LogP contribution >= 0.6 is 0 Å². The van der Waals surface area contributed by atoms with Gasteiger partial charge in [0.25, 0.3) is 0 Å². The lowest BCUT2D eigenvalue weighted by Gasteiger charge is -2.22. The first-order valence-electron chi connectivity index (χ1n) is 6.37. The first-order chi connectivity index (χ1) is 9.76. The highest BCUT2D eigenvalue weighted by Crippen LogP contribution is 2.28. The Labute approximate surface area is 121 Å². The molecule has 1 aromatic carbocycles. The molecule has 0 saturated heterocycles. The zero-order valence-electron chi connectivity index (χ0n) is 12.0. The number of nitrogens with zero attached hydrogens (tertiary/aromatic N) is 2. The van der Waals surface area contributed by atoms with Crippen LogP contribution in [0, 0.1) is 11.6 Å². The van der Waals surface area contributed by atoms with E-state index in [0.717, 1.165) is 12.1 Å². The summed E-state index contributed by atoms with van der Waals surface area (Å²) in [6, 6.07) is 3.22. The molecule has 5 nitrogen and oxygen atoms in total. The van der Waals surface area contributed by atoms with Gasteiger partial charge in [0.1, 0.15) is 23.6 Å². The van der Waals surface area contributed by atoms with Crippen molar-refractivity contribution in [1.29, 1.82) is 0 Å². The molecule has 0 radical (unpaired) electrons. The molecule has 0 aliphatic heterocycles. The minimum Gasteiger partial charge on any atom is -0.393 e. The number of aromatic nitrogens is 2. The second kappa shape index (κ2) is 5.51. The van der Waals surface area contributed by atoms with Gasteiger partial charge in [0.05, 0.1) is 5.69 Å². The Bertz CT molecular complexity index is 652. The normalized spacial score (nSPS) is 11.3. The van der Waals surface area contributed by atoms with Crippen LogP contribution in [0.5, 0.6) is 0 Å². The van der Waals surface area contributed by atoms with Gasteiger partial charge in [-0.05, 0) is 32.9 Å². The van der Waals surface area contributed by atoms with E-state index in [1.807, 2.05) is 20.8 Å². The number of hydrogen-bond acceptors (Lipinski definition) is 5. The summed E-state index contributed by atoms with van der Waals surface area (Å²) in [5, 5.41) is 5.87. The summed E-state index contributed by atoms with van der Waals surface area (Å²) in [5.41, 5.74) is 6.08. The Balaban J connectivity index is 2.30. The minimum absolute atomic E-state index is 0.0866. The Kier molecular flexibility index (Phi) is 3.93. The van der Waals surface area contributed by atoms with Gasteiger partial charge >= 0.3 is 0 Å².